The molecule has 0 aliphatic carbocycles. The van der Waals surface area contributed by atoms with Crippen molar-refractivity contribution in [2.45, 2.75) is 32.1 Å². The highest BCUT2D eigenvalue weighted by atomic mass is 79.9. The van der Waals surface area contributed by atoms with Gasteiger partial charge < -0.3 is 4.57 Å². The van der Waals surface area contributed by atoms with Gasteiger partial charge in [0.05, 0.1) is 10.9 Å². The molecule has 2 rings (SSSR count). The van der Waals surface area contributed by atoms with Crippen LogP contribution in [0.5, 0.6) is 0 Å². The number of rotatable bonds is 3. The molecule has 0 bridgehead atoms. The highest BCUT2D eigenvalue weighted by Gasteiger charge is 2.18. The molecule has 18 heavy (non-hydrogen) atoms. The number of benzene rings is 1. The monoisotopic (exact) mass is 311 g/mol. The fraction of sp³-hybridized carbons (Fsp3) is 0.385. The van der Waals surface area contributed by atoms with E-state index in [1.165, 1.54) is 0 Å². The first kappa shape index (κ1) is 13.2. The lowest BCUT2D eigenvalue weighted by atomic mass is 10.1. The summed E-state index contributed by atoms with van der Waals surface area (Å²) < 4.78 is 16.1. The lowest BCUT2D eigenvalue weighted by Gasteiger charge is -2.13. The normalized spacial score (nSPS) is 11.2. The van der Waals surface area contributed by atoms with Crippen molar-refractivity contribution in [2.24, 2.45) is 0 Å². The molecule has 0 unspecified atom stereocenters. The Labute approximate surface area is 114 Å². The number of aromatic nitrogens is 3. The molecule has 96 valence electrons. The maximum absolute atomic E-state index is 14.2. The minimum absolute atomic E-state index is 0.183. The van der Waals surface area contributed by atoms with E-state index in [4.69, 9.17) is 0 Å². The van der Waals surface area contributed by atoms with Crippen molar-refractivity contribution in [3.05, 3.63) is 35.4 Å². The number of alkyl halides is 1. The molecule has 0 saturated carbocycles. The number of hydrogen-bond acceptors (Lipinski definition) is 2. The third kappa shape index (κ3) is 2.19. The van der Waals surface area contributed by atoms with Gasteiger partial charge in [-0.3, -0.25) is 0 Å². The van der Waals surface area contributed by atoms with Gasteiger partial charge in [-0.05, 0) is 32.4 Å². The van der Waals surface area contributed by atoms with Crippen LogP contribution in [0.25, 0.3) is 11.4 Å². The average molecular weight is 312 g/mol. The number of aryl methyl sites for hydroxylation is 1. The fourth-order valence-electron chi connectivity index (χ4n) is 1.96. The summed E-state index contributed by atoms with van der Waals surface area (Å²) in [6, 6.07) is 5.51. The third-order valence-corrected chi connectivity index (χ3v) is 3.34. The van der Waals surface area contributed by atoms with Gasteiger partial charge in [0.15, 0.2) is 5.82 Å². The van der Waals surface area contributed by atoms with Gasteiger partial charge in [-0.15, -0.1) is 10.2 Å². The Kier molecular flexibility index (Phi) is 3.80. The zero-order valence-corrected chi connectivity index (χ0v) is 12.2. The fourth-order valence-corrected chi connectivity index (χ4v) is 2.34. The van der Waals surface area contributed by atoms with Crippen LogP contribution < -0.4 is 0 Å². The van der Waals surface area contributed by atoms with Crippen molar-refractivity contribution in [1.29, 1.82) is 0 Å². The van der Waals surface area contributed by atoms with E-state index < -0.39 is 0 Å². The Morgan fingerprint density at radius 1 is 1.33 bits per heavy atom. The SMILES string of the molecule is Cc1cccc(-c2nnc(CBr)n2C(C)C)c1F. The molecule has 1 heterocycles. The lowest BCUT2D eigenvalue weighted by Crippen LogP contribution is -2.07. The van der Waals surface area contributed by atoms with Crippen molar-refractivity contribution >= 4 is 15.9 Å². The minimum Gasteiger partial charge on any atom is -0.308 e. The van der Waals surface area contributed by atoms with E-state index >= 15 is 0 Å². The maximum atomic E-state index is 14.2. The van der Waals surface area contributed by atoms with E-state index in [1.807, 2.05) is 24.5 Å². The van der Waals surface area contributed by atoms with E-state index in [-0.39, 0.29) is 11.9 Å². The van der Waals surface area contributed by atoms with Crippen molar-refractivity contribution < 1.29 is 4.39 Å². The van der Waals surface area contributed by atoms with Crippen LogP contribution in [0.15, 0.2) is 18.2 Å². The Bertz CT molecular complexity index is 563. The molecule has 3 nitrogen and oxygen atoms in total. The molecule has 0 radical (unpaired) electrons. The van der Waals surface area contributed by atoms with Gasteiger partial charge >= 0.3 is 0 Å². The van der Waals surface area contributed by atoms with Crippen molar-refractivity contribution in [3.63, 3.8) is 0 Å². The molecule has 0 aliphatic rings. The van der Waals surface area contributed by atoms with Gasteiger partial charge in [0.25, 0.3) is 0 Å². The van der Waals surface area contributed by atoms with Gasteiger partial charge in [-0.25, -0.2) is 4.39 Å². The van der Waals surface area contributed by atoms with Crippen LogP contribution >= 0.6 is 15.9 Å². The van der Waals surface area contributed by atoms with Crippen LogP contribution in [0, 0.1) is 12.7 Å². The average Bonchev–Trinajstić information content (AvgIpc) is 2.76. The van der Waals surface area contributed by atoms with E-state index in [0.717, 1.165) is 5.82 Å². The second kappa shape index (κ2) is 5.18. The van der Waals surface area contributed by atoms with Crippen molar-refractivity contribution in [2.75, 3.05) is 0 Å². The Morgan fingerprint density at radius 2 is 2.06 bits per heavy atom. The summed E-state index contributed by atoms with van der Waals surface area (Å²) in [5, 5.41) is 8.83. The zero-order chi connectivity index (χ0) is 13.3. The molecule has 0 N–H and O–H groups in total. The first-order valence-electron chi connectivity index (χ1n) is 5.81. The maximum Gasteiger partial charge on any atom is 0.167 e. The van der Waals surface area contributed by atoms with Crippen LogP contribution in [-0.2, 0) is 5.33 Å². The summed E-state index contributed by atoms with van der Waals surface area (Å²) in [4.78, 5) is 0. The first-order valence-corrected chi connectivity index (χ1v) is 6.93. The number of halogens is 2. The topological polar surface area (TPSA) is 30.7 Å². The molecule has 1 aromatic carbocycles. The number of nitrogens with zero attached hydrogens (tertiary/aromatic N) is 3. The van der Waals surface area contributed by atoms with E-state index in [2.05, 4.69) is 26.1 Å². The van der Waals surface area contributed by atoms with E-state index in [9.17, 15) is 4.39 Å². The molecule has 0 saturated heterocycles. The predicted octanol–water partition coefficient (Wildman–Crippen LogP) is 3.87. The molecule has 0 spiro atoms. The van der Waals surface area contributed by atoms with Crippen molar-refractivity contribution in [1.82, 2.24) is 14.8 Å². The first-order chi connectivity index (χ1) is 8.56. The smallest absolute Gasteiger partial charge is 0.167 e. The van der Waals surface area contributed by atoms with E-state index in [1.54, 1.807) is 19.1 Å². The summed E-state index contributed by atoms with van der Waals surface area (Å²) in [6.45, 7) is 5.82. The largest absolute Gasteiger partial charge is 0.308 e. The Hall–Kier alpha value is -1.23. The zero-order valence-electron chi connectivity index (χ0n) is 10.6. The molecular weight excluding hydrogens is 297 g/mol. The van der Waals surface area contributed by atoms with Gasteiger partial charge in [0.1, 0.15) is 11.6 Å². The highest BCUT2D eigenvalue weighted by molar-refractivity contribution is 9.08. The minimum atomic E-state index is -0.229. The van der Waals surface area contributed by atoms with Crippen LogP contribution in [0.4, 0.5) is 4.39 Å². The summed E-state index contributed by atoms with van der Waals surface area (Å²) in [5.41, 5.74) is 1.12. The predicted molar refractivity (Wildman–Crippen MR) is 73.2 cm³/mol. The molecule has 1 aromatic heterocycles. The summed E-state index contributed by atoms with van der Waals surface area (Å²) in [6.07, 6.45) is 0. The Balaban J connectivity index is 2.64. The van der Waals surface area contributed by atoms with E-state index in [0.29, 0.717) is 22.3 Å². The molecule has 5 heteroatoms. The number of hydrogen-bond donors (Lipinski definition) is 0. The van der Waals surface area contributed by atoms with Crippen LogP contribution in [-0.4, -0.2) is 14.8 Å². The van der Waals surface area contributed by atoms with Gasteiger partial charge in [-0.2, -0.15) is 0 Å². The van der Waals surface area contributed by atoms with Crippen LogP contribution in [0.3, 0.4) is 0 Å². The van der Waals surface area contributed by atoms with Crippen LogP contribution in [0.2, 0.25) is 0 Å². The van der Waals surface area contributed by atoms with Gasteiger partial charge in [0, 0.05) is 6.04 Å². The molecule has 0 atom stereocenters. The van der Waals surface area contributed by atoms with Gasteiger partial charge in [0.2, 0.25) is 0 Å². The molecule has 0 amide bonds. The second-order valence-corrected chi connectivity index (χ2v) is 5.03. The van der Waals surface area contributed by atoms with Crippen LogP contribution in [0.1, 0.15) is 31.3 Å². The third-order valence-electron chi connectivity index (χ3n) is 2.84. The highest BCUT2D eigenvalue weighted by Crippen LogP contribution is 2.27. The molecule has 2 aromatic rings. The molecular formula is C13H15BrFN3. The van der Waals surface area contributed by atoms with Crippen molar-refractivity contribution in [3.8, 4) is 11.4 Å². The quantitative estimate of drug-likeness (QED) is 0.806. The summed E-state index contributed by atoms with van der Waals surface area (Å²) >= 11 is 3.38. The second-order valence-electron chi connectivity index (χ2n) is 4.47. The molecule has 0 aliphatic heterocycles. The van der Waals surface area contributed by atoms with Gasteiger partial charge in [-0.1, -0.05) is 28.1 Å². The lowest BCUT2D eigenvalue weighted by molar-refractivity contribution is 0.578. The Morgan fingerprint density at radius 3 is 2.67 bits per heavy atom. The summed E-state index contributed by atoms with van der Waals surface area (Å²) in [5.74, 6) is 1.16. The standard InChI is InChI=1S/C13H15BrFN3/c1-8(2)18-11(7-14)16-17-13(18)10-6-4-5-9(3)12(10)15/h4-6,8H,7H2,1-3H3. The summed E-state index contributed by atoms with van der Waals surface area (Å²) in [7, 11) is 0. The molecule has 0 fully saturated rings.